The summed E-state index contributed by atoms with van der Waals surface area (Å²) < 4.78 is 47.5. The van der Waals surface area contributed by atoms with Crippen LogP contribution in [0.5, 0.6) is 5.75 Å². The molecule has 10 nitrogen and oxygen atoms in total. The van der Waals surface area contributed by atoms with Crippen molar-refractivity contribution in [3.8, 4) is 5.75 Å². The number of rotatable bonds is 16. The molecule has 2 amide bonds. The van der Waals surface area contributed by atoms with Crippen molar-refractivity contribution in [3.63, 3.8) is 0 Å². The molecule has 1 fully saturated rings. The number of amides is 2. The summed E-state index contributed by atoms with van der Waals surface area (Å²) in [6.45, 7) is 10.6. The average molecular weight is 822 g/mol. The van der Waals surface area contributed by atoms with E-state index >= 15 is 4.79 Å². The first-order valence-corrected chi connectivity index (χ1v) is 22.5. The van der Waals surface area contributed by atoms with Crippen molar-refractivity contribution in [2.24, 2.45) is 5.92 Å². The van der Waals surface area contributed by atoms with Crippen molar-refractivity contribution in [3.05, 3.63) is 171 Å². The van der Waals surface area contributed by atoms with E-state index < -0.39 is 61.0 Å². The van der Waals surface area contributed by atoms with Crippen LogP contribution in [0.25, 0.3) is 0 Å². The third kappa shape index (κ3) is 10.4. The molecule has 0 radical (unpaired) electrons. The second kappa shape index (κ2) is 18.3. The third-order valence-electron chi connectivity index (χ3n) is 11.2. The molecule has 0 aliphatic carbocycles. The number of non-ortho nitro benzene ring substituents is 1. The van der Waals surface area contributed by atoms with E-state index in [-0.39, 0.29) is 42.5 Å². The Morgan fingerprint density at radius 1 is 0.898 bits per heavy atom. The largest absolute Gasteiger partial charge is 0.488 e. The number of carbonyl (C=O) groups is 2. The molecule has 5 aromatic rings. The van der Waals surface area contributed by atoms with E-state index in [0.717, 1.165) is 16.0 Å². The molecule has 6 rings (SSSR count). The number of hydrogen-bond donors (Lipinski definition) is 1. The van der Waals surface area contributed by atoms with Crippen molar-refractivity contribution in [1.29, 1.82) is 0 Å². The SMILES string of the molecule is CC(C)(C)[Si](C)(C)O[C@@H](CC[C@@H](C(=O)N1C(=O)OC[C@@H]1c1ccccc1)[C@H](Nc1ccc(F)cc1)c1ccc([N+](=O)[O-])cc1OCc1ccccc1)c1ccc(F)cc1. The molecular formula is C46H49F2N3O7Si. The molecule has 1 aliphatic rings. The van der Waals surface area contributed by atoms with E-state index in [2.05, 4.69) is 39.2 Å². The van der Waals surface area contributed by atoms with Crippen LogP contribution in [0, 0.1) is 27.7 Å². The van der Waals surface area contributed by atoms with Crippen LogP contribution in [-0.4, -0.2) is 36.7 Å². The third-order valence-corrected chi connectivity index (χ3v) is 15.7. The molecule has 1 saturated heterocycles. The number of carbonyl (C=O) groups excluding carboxylic acids is 2. The molecule has 308 valence electrons. The molecule has 0 aromatic heterocycles. The Bertz CT molecular complexity index is 2220. The quantitative estimate of drug-likeness (QED) is 0.0593. The second-order valence-corrected chi connectivity index (χ2v) is 21.0. The number of hydrogen-bond acceptors (Lipinski definition) is 8. The van der Waals surface area contributed by atoms with Crippen LogP contribution in [-0.2, 0) is 20.6 Å². The summed E-state index contributed by atoms with van der Waals surface area (Å²) in [6.07, 6.45) is -1.04. The topological polar surface area (TPSA) is 120 Å². The molecule has 0 bridgehead atoms. The fourth-order valence-corrected chi connectivity index (χ4v) is 8.22. The molecule has 1 heterocycles. The highest BCUT2D eigenvalue weighted by Gasteiger charge is 2.46. The molecule has 1 aliphatic heterocycles. The van der Waals surface area contributed by atoms with Gasteiger partial charge in [-0.1, -0.05) is 93.6 Å². The van der Waals surface area contributed by atoms with Crippen LogP contribution in [0.2, 0.25) is 18.1 Å². The van der Waals surface area contributed by atoms with Crippen LogP contribution in [0.3, 0.4) is 0 Å². The van der Waals surface area contributed by atoms with Crippen molar-refractivity contribution < 1.29 is 37.2 Å². The first-order chi connectivity index (χ1) is 28.1. The van der Waals surface area contributed by atoms with Gasteiger partial charge in [0.2, 0.25) is 5.91 Å². The predicted molar refractivity (Wildman–Crippen MR) is 224 cm³/mol. The molecule has 5 aromatic carbocycles. The van der Waals surface area contributed by atoms with Gasteiger partial charge in [-0.05, 0) is 90.1 Å². The number of cyclic esters (lactones) is 1. The molecule has 1 N–H and O–H groups in total. The number of halogens is 2. The first-order valence-electron chi connectivity index (χ1n) is 19.6. The summed E-state index contributed by atoms with van der Waals surface area (Å²) in [7, 11) is -2.48. The van der Waals surface area contributed by atoms with E-state index in [1.54, 1.807) is 18.2 Å². The highest BCUT2D eigenvalue weighted by molar-refractivity contribution is 6.74. The van der Waals surface area contributed by atoms with E-state index in [0.29, 0.717) is 16.8 Å². The van der Waals surface area contributed by atoms with Gasteiger partial charge in [0, 0.05) is 17.3 Å². The zero-order valence-corrected chi connectivity index (χ0v) is 34.8. The standard InChI is InChI=1S/C46H49F2N3O7Si/c1-46(2,3)59(4,5)58-41(33-16-18-34(47)19-17-33)27-26-39(44(52)50-40(30-57-45(50)53)32-14-10-7-11-15-32)43(49-36-22-20-35(48)21-23-36)38-25-24-37(51(54)55)28-42(38)56-29-31-12-8-6-9-13-31/h6-25,28,39-41,43,49H,26-27,29-30H2,1-5H3/t39-,40-,41+,43-/m1/s1. The minimum atomic E-state index is -2.48. The fourth-order valence-electron chi connectivity index (χ4n) is 6.91. The number of benzene rings is 5. The van der Waals surface area contributed by atoms with E-state index in [1.807, 2.05) is 60.7 Å². The highest BCUT2D eigenvalue weighted by Crippen LogP contribution is 2.44. The first kappa shape index (κ1) is 42.7. The minimum absolute atomic E-state index is 0.0540. The molecule has 0 spiro atoms. The van der Waals surface area contributed by atoms with Crippen molar-refractivity contribution in [1.82, 2.24) is 4.90 Å². The average Bonchev–Trinajstić information content (AvgIpc) is 3.61. The number of imide groups is 1. The van der Waals surface area contributed by atoms with Gasteiger partial charge in [0.25, 0.3) is 5.69 Å². The van der Waals surface area contributed by atoms with E-state index in [9.17, 15) is 23.7 Å². The van der Waals surface area contributed by atoms with Gasteiger partial charge in [0.05, 0.1) is 29.1 Å². The molecule has 59 heavy (non-hydrogen) atoms. The lowest BCUT2D eigenvalue weighted by atomic mass is 9.85. The van der Waals surface area contributed by atoms with Crippen LogP contribution in [0.1, 0.15) is 74.1 Å². The number of nitrogens with zero attached hydrogens (tertiary/aromatic N) is 2. The van der Waals surface area contributed by atoms with Gasteiger partial charge in [-0.3, -0.25) is 14.9 Å². The summed E-state index contributed by atoms with van der Waals surface area (Å²) in [4.78, 5) is 41.8. The number of ether oxygens (including phenoxy) is 2. The number of nitro groups is 1. The zero-order valence-electron chi connectivity index (χ0n) is 33.8. The summed E-state index contributed by atoms with van der Waals surface area (Å²) in [5.41, 5.74) is 2.82. The molecule has 4 atom stereocenters. The van der Waals surface area contributed by atoms with Crippen LogP contribution < -0.4 is 10.1 Å². The summed E-state index contributed by atoms with van der Waals surface area (Å²) in [5.74, 6) is -2.40. The van der Waals surface area contributed by atoms with Crippen molar-refractivity contribution in [2.75, 3.05) is 11.9 Å². The van der Waals surface area contributed by atoms with Gasteiger partial charge in [-0.25, -0.2) is 18.5 Å². The van der Waals surface area contributed by atoms with Gasteiger partial charge in [0.15, 0.2) is 8.32 Å². The van der Waals surface area contributed by atoms with Crippen LogP contribution in [0.4, 0.5) is 25.0 Å². The summed E-state index contributed by atoms with van der Waals surface area (Å²) in [5, 5.41) is 15.4. The molecular weight excluding hydrogens is 773 g/mol. The molecule has 0 unspecified atom stereocenters. The number of nitro benzene ring substituents is 1. The van der Waals surface area contributed by atoms with Crippen molar-refractivity contribution in [2.45, 2.75) is 76.5 Å². The van der Waals surface area contributed by atoms with E-state index in [4.69, 9.17) is 13.9 Å². The number of nitrogens with one attached hydrogen (secondary N) is 1. The normalized spacial score (nSPS) is 15.9. The zero-order chi connectivity index (χ0) is 42.3. The van der Waals surface area contributed by atoms with Gasteiger partial charge in [-0.2, -0.15) is 0 Å². The van der Waals surface area contributed by atoms with Crippen LogP contribution >= 0.6 is 0 Å². The van der Waals surface area contributed by atoms with Gasteiger partial charge in [0.1, 0.15) is 36.6 Å². The summed E-state index contributed by atoms with van der Waals surface area (Å²) in [6, 6.07) is 32.5. The Morgan fingerprint density at radius 2 is 1.51 bits per heavy atom. The smallest absolute Gasteiger partial charge is 0.417 e. The van der Waals surface area contributed by atoms with Gasteiger partial charge >= 0.3 is 6.09 Å². The Balaban J connectivity index is 1.50. The lowest BCUT2D eigenvalue weighted by molar-refractivity contribution is -0.385. The number of anilines is 1. The Kier molecular flexibility index (Phi) is 13.3. The maximum Gasteiger partial charge on any atom is 0.417 e. The minimum Gasteiger partial charge on any atom is -0.488 e. The lowest BCUT2D eigenvalue weighted by Gasteiger charge is -2.40. The highest BCUT2D eigenvalue weighted by atomic mass is 28.4. The Morgan fingerprint density at radius 3 is 2.12 bits per heavy atom. The van der Waals surface area contributed by atoms with Gasteiger partial charge in [-0.15, -0.1) is 0 Å². The summed E-state index contributed by atoms with van der Waals surface area (Å²) >= 11 is 0. The lowest BCUT2D eigenvalue weighted by Crippen LogP contribution is -2.43. The maximum atomic E-state index is 15.4. The Labute approximate surface area is 344 Å². The van der Waals surface area contributed by atoms with E-state index in [1.165, 1.54) is 48.5 Å². The fraction of sp³-hybridized carbons (Fsp3) is 0.304. The maximum absolute atomic E-state index is 15.4. The second-order valence-electron chi connectivity index (χ2n) is 16.2. The monoisotopic (exact) mass is 821 g/mol. The van der Waals surface area contributed by atoms with Crippen molar-refractivity contribution >= 4 is 31.7 Å². The predicted octanol–water partition coefficient (Wildman–Crippen LogP) is 11.5. The van der Waals surface area contributed by atoms with Crippen LogP contribution in [0.15, 0.2) is 127 Å². The molecule has 0 saturated carbocycles. The van der Waals surface area contributed by atoms with Gasteiger partial charge < -0.3 is 19.2 Å². The Hall–Kier alpha value is -5.92. The molecule has 13 heteroatoms.